The van der Waals surface area contributed by atoms with Crippen molar-refractivity contribution in [2.75, 3.05) is 6.61 Å². The number of ether oxygens (including phenoxy) is 1. The smallest absolute Gasteiger partial charge is 0.167 e. The molecule has 0 aliphatic heterocycles. The number of para-hydroxylation sites is 1. The Bertz CT molecular complexity index is 316. The Morgan fingerprint density at radius 1 is 1.54 bits per heavy atom. The lowest BCUT2D eigenvalue weighted by molar-refractivity contribution is -0.118. The van der Waals surface area contributed by atoms with Gasteiger partial charge in [-0.05, 0) is 13.0 Å². The van der Waals surface area contributed by atoms with Crippen LogP contribution in [0.25, 0.3) is 6.08 Å². The fraction of sp³-hybridized carbons (Fsp3) is 0.182. The van der Waals surface area contributed by atoms with E-state index in [0.29, 0.717) is 5.75 Å². The number of ketones is 1. The molecular weight excluding hydrogens is 164 g/mol. The Labute approximate surface area is 77.8 Å². The second-order valence-electron chi connectivity index (χ2n) is 2.73. The minimum atomic E-state index is 0.0128. The molecule has 0 atom stereocenters. The van der Waals surface area contributed by atoms with Gasteiger partial charge < -0.3 is 4.74 Å². The quantitative estimate of drug-likeness (QED) is 0.703. The van der Waals surface area contributed by atoms with Crippen LogP contribution in [0.2, 0.25) is 0 Å². The van der Waals surface area contributed by atoms with Gasteiger partial charge in [-0.3, -0.25) is 4.79 Å². The third-order valence-electron chi connectivity index (χ3n) is 1.57. The maximum atomic E-state index is 10.7. The Morgan fingerprint density at radius 2 is 2.23 bits per heavy atom. The molecule has 1 rings (SSSR count). The van der Waals surface area contributed by atoms with Gasteiger partial charge in [0.1, 0.15) is 12.4 Å². The summed E-state index contributed by atoms with van der Waals surface area (Å²) in [6, 6.07) is 7.47. The summed E-state index contributed by atoms with van der Waals surface area (Å²) in [7, 11) is 0. The molecule has 0 heterocycles. The first-order chi connectivity index (χ1) is 6.24. The number of hydrogen-bond acceptors (Lipinski definition) is 2. The van der Waals surface area contributed by atoms with Gasteiger partial charge in [-0.2, -0.15) is 0 Å². The Hall–Kier alpha value is -1.57. The van der Waals surface area contributed by atoms with Gasteiger partial charge in [-0.15, -0.1) is 0 Å². The normalized spacial score (nSPS) is 9.31. The van der Waals surface area contributed by atoms with Gasteiger partial charge in [-0.25, -0.2) is 0 Å². The zero-order valence-corrected chi connectivity index (χ0v) is 7.62. The highest BCUT2D eigenvalue weighted by atomic mass is 16.5. The van der Waals surface area contributed by atoms with E-state index in [4.69, 9.17) is 4.74 Å². The van der Waals surface area contributed by atoms with Crippen LogP contribution in [0.1, 0.15) is 12.5 Å². The van der Waals surface area contributed by atoms with Gasteiger partial charge in [0.25, 0.3) is 0 Å². The molecule has 2 heteroatoms. The van der Waals surface area contributed by atoms with Crippen LogP contribution in [0.3, 0.4) is 0 Å². The van der Waals surface area contributed by atoms with Crippen LogP contribution in [-0.2, 0) is 4.79 Å². The first-order valence-electron chi connectivity index (χ1n) is 4.07. The maximum absolute atomic E-state index is 10.7. The topological polar surface area (TPSA) is 26.3 Å². The molecule has 68 valence electrons. The van der Waals surface area contributed by atoms with Crippen LogP contribution in [0.15, 0.2) is 30.8 Å². The molecule has 0 amide bonds. The highest BCUT2D eigenvalue weighted by molar-refractivity contribution is 5.77. The molecule has 13 heavy (non-hydrogen) atoms. The first-order valence-corrected chi connectivity index (χ1v) is 4.07. The first kappa shape index (κ1) is 9.52. The molecule has 0 radical (unpaired) electrons. The molecular formula is C11H12O2. The van der Waals surface area contributed by atoms with E-state index in [9.17, 15) is 4.79 Å². The average Bonchev–Trinajstić information content (AvgIpc) is 2.15. The minimum absolute atomic E-state index is 0.0128. The van der Waals surface area contributed by atoms with Gasteiger partial charge in [0.05, 0.1) is 0 Å². The number of carbonyl (C=O) groups excluding carboxylic acids is 1. The van der Waals surface area contributed by atoms with Gasteiger partial charge in [0, 0.05) is 5.56 Å². The second kappa shape index (κ2) is 4.45. The van der Waals surface area contributed by atoms with E-state index in [1.807, 2.05) is 24.3 Å². The molecule has 0 bridgehead atoms. The van der Waals surface area contributed by atoms with E-state index < -0.39 is 0 Å². The third-order valence-corrected chi connectivity index (χ3v) is 1.57. The van der Waals surface area contributed by atoms with Gasteiger partial charge >= 0.3 is 0 Å². The molecule has 1 aromatic carbocycles. The zero-order chi connectivity index (χ0) is 9.68. The summed E-state index contributed by atoms with van der Waals surface area (Å²) in [5.74, 6) is 0.714. The van der Waals surface area contributed by atoms with Gasteiger partial charge in [0.15, 0.2) is 5.78 Å². The zero-order valence-electron chi connectivity index (χ0n) is 7.62. The summed E-state index contributed by atoms with van der Waals surface area (Å²) >= 11 is 0. The molecule has 0 spiro atoms. The summed E-state index contributed by atoms with van der Waals surface area (Å²) in [5, 5.41) is 0. The van der Waals surface area contributed by atoms with Crippen molar-refractivity contribution in [1.82, 2.24) is 0 Å². The SMILES string of the molecule is C=Cc1ccccc1OCC(C)=O. The number of hydrogen-bond donors (Lipinski definition) is 0. The molecule has 0 fully saturated rings. The van der Waals surface area contributed by atoms with E-state index in [1.54, 1.807) is 6.08 Å². The molecule has 0 aliphatic rings. The lowest BCUT2D eigenvalue weighted by Gasteiger charge is -2.06. The average molecular weight is 176 g/mol. The van der Waals surface area contributed by atoms with Crippen LogP contribution in [0, 0.1) is 0 Å². The maximum Gasteiger partial charge on any atom is 0.167 e. The summed E-state index contributed by atoms with van der Waals surface area (Å²) in [6.07, 6.45) is 1.70. The van der Waals surface area contributed by atoms with Crippen LogP contribution >= 0.6 is 0 Å². The van der Waals surface area contributed by atoms with Crippen molar-refractivity contribution in [2.45, 2.75) is 6.92 Å². The Morgan fingerprint density at radius 3 is 2.85 bits per heavy atom. The summed E-state index contributed by atoms with van der Waals surface area (Å²) in [4.78, 5) is 10.7. The predicted molar refractivity (Wildman–Crippen MR) is 52.7 cm³/mol. The highest BCUT2D eigenvalue weighted by Crippen LogP contribution is 2.18. The van der Waals surface area contributed by atoms with Crippen molar-refractivity contribution in [1.29, 1.82) is 0 Å². The molecule has 2 nitrogen and oxygen atoms in total. The van der Waals surface area contributed by atoms with Crippen molar-refractivity contribution in [2.24, 2.45) is 0 Å². The molecule has 1 aromatic rings. The number of rotatable bonds is 4. The van der Waals surface area contributed by atoms with E-state index in [2.05, 4.69) is 6.58 Å². The molecule has 0 N–H and O–H groups in total. The minimum Gasteiger partial charge on any atom is -0.485 e. The summed E-state index contributed by atoms with van der Waals surface area (Å²) < 4.78 is 5.27. The van der Waals surface area contributed by atoms with Crippen molar-refractivity contribution in [3.63, 3.8) is 0 Å². The van der Waals surface area contributed by atoms with Crippen molar-refractivity contribution in [3.05, 3.63) is 36.4 Å². The molecule has 0 saturated carbocycles. The number of Topliss-reactive ketones (excluding diaryl/α,β-unsaturated/α-hetero) is 1. The third kappa shape index (κ3) is 2.75. The van der Waals surface area contributed by atoms with Crippen molar-refractivity contribution < 1.29 is 9.53 Å². The van der Waals surface area contributed by atoms with E-state index in [0.717, 1.165) is 5.56 Å². The van der Waals surface area contributed by atoms with E-state index >= 15 is 0 Å². The Kier molecular flexibility index (Phi) is 3.26. The van der Waals surface area contributed by atoms with E-state index in [1.165, 1.54) is 6.92 Å². The molecule has 0 unspecified atom stereocenters. The van der Waals surface area contributed by atoms with Crippen LogP contribution in [0.4, 0.5) is 0 Å². The van der Waals surface area contributed by atoms with Crippen molar-refractivity contribution in [3.8, 4) is 5.75 Å². The molecule has 0 saturated heterocycles. The van der Waals surface area contributed by atoms with Crippen molar-refractivity contribution >= 4 is 11.9 Å². The lowest BCUT2D eigenvalue weighted by atomic mass is 10.2. The van der Waals surface area contributed by atoms with Crippen LogP contribution in [0.5, 0.6) is 5.75 Å². The highest BCUT2D eigenvalue weighted by Gasteiger charge is 1.99. The Balaban J connectivity index is 2.75. The van der Waals surface area contributed by atoms with Gasteiger partial charge in [0.2, 0.25) is 0 Å². The molecule has 0 aromatic heterocycles. The second-order valence-corrected chi connectivity index (χ2v) is 2.73. The van der Waals surface area contributed by atoms with E-state index in [-0.39, 0.29) is 12.4 Å². The number of benzene rings is 1. The summed E-state index contributed by atoms with van der Waals surface area (Å²) in [5.41, 5.74) is 0.906. The fourth-order valence-corrected chi connectivity index (χ4v) is 0.960. The van der Waals surface area contributed by atoms with Crippen LogP contribution < -0.4 is 4.74 Å². The van der Waals surface area contributed by atoms with Gasteiger partial charge in [-0.1, -0.05) is 30.9 Å². The predicted octanol–water partition coefficient (Wildman–Crippen LogP) is 2.30. The lowest BCUT2D eigenvalue weighted by Crippen LogP contribution is -2.07. The molecule has 0 aliphatic carbocycles. The summed E-state index contributed by atoms with van der Waals surface area (Å²) in [6.45, 7) is 5.27. The van der Waals surface area contributed by atoms with Crippen LogP contribution in [-0.4, -0.2) is 12.4 Å². The standard InChI is InChI=1S/C11H12O2/c1-3-10-6-4-5-7-11(10)13-8-9(2)12/h3-7H,1,8H2,2H3. The number of carbonyl (C=O) groups is 1. The fourth-order valence-electron chi connectivity index (χ4n) is 0.960. The monoisotopic (exact) mass is 176 g/mol. The largest absolute Gasteiger partial charge is 0.485 e.